The fourth-order valence-electron chi connectivity index (χ4n) is 2.51. The van der Waals surface area contributed by atoms with E-state index in [0.29, 0.717) is 0 Å². The van der Waals surface area contributed by atoms with Crippen LogP contribution in [0.2, 0.25) is 0 Å². The number of carboxylic acid groups (broad SMARTS) is 2. The zero-order chi connectivity index (χ0) is 28.4. The van der Waals surface area contributed by atoms with Gasteiger partial charge in [0.15, 0.2) is 0 Å². The Kier molecular flexibility index (Phi) is 24.9. The Morgan fingerprint density at radius 1 is 0.511 bits per heavy atom. The topological polar surface area (TPSA) is 335 Å². The Bertz CT molecular complexity index is 1350. The molecule has 0 aliphatic heterocycles. The molecule has 6 aromatic heterocycles. The largest absolute Gasteiger partial charge is 2.00 e. The van der Waals surface area contributed by atoms with Gasteiger partial charge in [-0.15, -0.1) is 0 Å². The second kappa shape index (κ2) is 25.3. The van der Waals surface area contributed by atoms with Crippen LogP contribution < -0.4 is 20.4 Å². The average molecular weight is 723 g/mol. The van der Waals surface area contributed by atoms with Crippen LogP contribution in [0.4, 0.5) is 0 Å². The number of pyridine rings is 4. The molecule has 0 aromatic carbocycles. The Labute approximate surface area is 279 Å². The SMILES string of the molecule is O.O=C([O-])c1nnn[n-]1.O=C([O-])c1nnn[n-]1.[OH3+].[OH3+].[Zn+2].[Zn+2].c1ccc(-c2ccccn2)nc1.c1ccc(-c2ccccn2)nc1. The Morgan fingerprint density at radius 2 is 0.778 bits per heavy atom. The Hall–Kier alpha value is -5.19. The van der Waals surface area contributed by atoms with Gasteiger partial charge in [-0.25, -0.2) is 0 Å². The molecule has 0 aliphatic rings. The zero-order valence-electron chi connectivity index (χ0n) is 23.3. The first-order chi connectivity index (χ1) is 19.5. The second-order valence-corrected chi connectivity index (χ2v) is 6.84. The summed E-state index contributed by atoms with van der Waals surface area (Å²) in [6.07, 6.45) is 7.07. The molecule has 224 valence electrons. The van der Waals surface area contributed by atoms with E-state index in [1.165, 1.54) is 0 Å². The van der Waals surface area contributed by atoms with Gasteiger partial charge in [0.1, 0.15) is 0 Å². The number of rotatable bonds is 4. The van der Waals surface area contributed by atoms with E-state index in [1.807, 2.05) is 72.8 Å². The van der Waals surface area contributed by atoms with E-state index in [-0.39, 0.29) is 55.4 Å². The third kappa shape index (κ3) is 16.3. The van der Waals surface area contributed by atoms with Crippen LogP contribution in [0.3, 0.4) is 0 Å². The average Bonchev–Trinajstić information content (AvgIpc) is 3.76. The van der Waals surface area contributed by atoms with Crippen LogP contribution in [0.1, 0.15) is 21.2 Å². The molecule has 6 heterocycles. The summed E-state index contributed by atoms with van der Waals surface area (Å²) in [5.74, 6) is -3.89. The molecule has 0 radical (unpaired) electrons. The molecule has 0 fully saturated rings. The van der Waals surface area contributed by atoms with Gasteiger partial charge in [0.2, 0.25) is 0 Å². The molecule has 19 nitrogen and oxygen atoms in total. The van der Waals surface area contributed by atoms with Crippen LogP contribution in [0, 0.1) is 0 Å². The van der Waals surface area contributed by atoms with E-state index < -0.39 is 23.6 Å². The number of aromatic nitrogens is 12. The maximum absolute atomic E-state index is 9.75. The summed E-state index contributed by atoms with van der Waals surface area (Å²) in [6.45, 7) is 0. The molecule has 6 aromatic rings. The van der Waals surface area contributed by atoms with Gasteiger partial charge in [-0.3, -0.25) is 40.6 Å². The van der Waals surface area contributed by atoms with Crippen molar-refractivity contribution < 1.29 is 75.2 Å². The number of tetrazole rings is 2. The van der Waals surface area contributed by atoms with Crippen molar-refractivity contribution in [3.8, 4) is 22.8 Å². The van der Waals surface area contributed by atoms with Crippen molar-refractivity contribution in [3.05, 3.63) is 109 Å². The number of carboxylic acids is 2. The molecule has 0 saturated heterocycles. The summed E-state index contributed by atoms with van der Waals surface area (Å²) >= 11 is 0. The van der Waals surface area contributed by atoms with E-state index in [1.54, 1.807) is 24.8 Å². The molecule has 0 spiro atoms. The van der Waals surface area contributed by atoms with Crippen LogP contribution in [-0.2, 0) is 49.9 Å². The van der Waals surface area contributed by atoms with Gasteiger partial charge in [0.25, 0.3) is 0 Å². The third-order valence-corrected chi connectivity index (χ3v) is 4.19. The van der Waals surface area contributed by atoms with Gasteiger partial charge < -0.3 is 46.4 Å². The molecule has 0 bridgehead atoms. The van der Waals surface area contributed by atoms with E-state index in [9.17, 15) is 19.8 Å². The molecule has 0 amide bonds. The number of hydrogen-bond donors (Lipinski definition) is 0. The van der Waals surface area contributed by atoms with Crippen molar-refractivity contribution in [2.45, 2.75) is 0 Å². The van der Waals surface area contributed by atoms with Crippen molar-refractivity contribution in [2.24, 2.45) is 0 Å². The first-order valence-corrected chi connectivity index (χ1v) is 11.0. The van der Waals surface area contributed by atoms with Crippen LogP contribution in [0.15, 0.2) is 97.6 Å². The summed E-state index contributed by atoms with van der Waals surface area (Å²) in [5.41, 5.74) is 3.66. The van der Waals surface area contributed by atoms with E-state index in [4.69, 9.17) is 0 Å². The minimum absolute atomic E-state index is 0. The third-order valence-electron chi connectivity index (χ3n) is 4.19. The van der Waals surface area contributed by atoms with E-state index >= 15 is 0 Å². The van der Waals surface area contributed by atoms with Gasteiger partial charge in [0, 0.05) is 24.8 Å². The number of carbonyl (C=O) groups is 2. The predicted molar refractivity (Wildman–Crippen MR) is 143 cm³/mol. The second-order valence-electron chi connectivity index (χ2n) is 6.84. The maximum atomic E-state index is 9.75. The van der Waals surface area contributed by atoms with Gasteiger partial charge >= 0.3 is 39.0 Å². The van der Waals surface area contributed by atoms with Crippen molar-refractivity contribution in [2.75, 3.05) is 0 Å². The van der Waals surface area contributed by atoms with Crippen LogP contribution in [0.25, 0.3) is 22.8 Å². The monoisotopic (exact) mass is 720 g/mol. The van der Waals surface area contributed by atoms with E-state index in [2.05, 4.69) is 61.2 Å². The standard InChI is InChI=1S/2C10H8N2.2C2H2N4O2.3H2O.2Zn/c2*1-3-7-11-9(5-1)10-6-2-4-8-12-10;2*7-2(8)1-3-5-6-4-1;;;;;/h2*1-8H;2*(H2,3,4,5,6,7,8);3*1H2;;/q;;;;;;;2*+2/p-2. The van der Waals surface area contributed by atoms with Crippen LogP contribution in [0.5, 0.6) is 0 Å². The van der Waals surface area contributed by atoms with Gasteiger partial charge in [-0.2, -0.15) is 10.4 Å². The van der Waals surface area contributed by atoms with Gasteiger partial charge in [0.05, 0.1) is 46.4 Å². The maximum Gasteiger partial charge on any atom is 2.00 e. The molecule has 21 heteroatoms. The quantitative estimate of drug-likeness (QED) is 0.123. The smallest absolute Gasteiger partial charge is 0.544 e. The fourth-order valence-corrected chi connectivity index (χ4v) is 2.51. The minimum atomic E-state index is -1.46. The predicted octanol–water partition coefficient (Wildman–Crippen LogP) is -4.00. The van der Waals surface area contributed by atoms with Crippen LogP contribution in [-0.4, -0.2) is 68.4 Å². The Balaban J connectivity index is -0.000000513. The molecule has 0 aliphatic carbocycles. The van der Waals surface area contributed by atoms with Gasteiger partial charge in [-0.05, 0) is 48.5 Å². The number of carbonyl (C=O) groups excluding carboxylic acids is 2. The minimum Gasteiger partial charge on any atom is -0.544 e. The first kappa shape index (κ1) is 44.3. The normalized spacial score (nSPS) is 8.36. The van der Waals surface area contributed by atoms with Crippen molar-refractivity contribution in [3.63, 3.8) is 0 Å². The number of aromatic carboxylic acids is 2. The van der Waals surface area contributed by atoms with Crippen molar-refractivity contribution in [1.29, 1.82) is 0 Å². The first-order valence-electron chi connectivity index (χ1n) is 11.0. The summed E-state index contributed by atoms with van der Waals surface area (Å²) < 4.78 is 0. The number of nitrogens with zero attached hydrogens (tertiary/aromatic N) is 12. The fraction of sp³-hybridized carbons (Fsp3) is 0. The molecule has 0 unspecified atom stereocenters. The summed E-state index contributed by atoms with van der Waals surface area (Å²) in [5, 5.41) is 43.1. The molecule has 45 heavy (non-hydrogen) atoms. The summed E-state index contributed by atoms with van der Waals surface area (Å²) in [4.78, 5) is 36.2. The number of hydrogen-bond acceptors (Lipinski definition) is 14. The summed E-state index contributed by atoms with van der Waals surface area (Å²) in [6, 6.07) is 23.2. The molecular formula is C24H24N12O7Zn2+2. The van der Waals surface area contributed by atoms with Gasteiger partial charge in [-0.1, -0.05) is 24.3 Å². The molecular weight excluding hydrogens is 699 g/mol. The van der Waals surface area contributed by atoms with Crippen LogP contribution >= 0.6 is 0 Å². The zero-order valence-corrected chi connectivity index (χ0v) is 29.2. The van der Waals surface area contributed by atoms with Crippen molar-refractivity contribution >= 4 is 11.9 Å². The molecule has 8 N–H and O–H groups in total. The molecule has 6 rings (SSSR count). The Morgan fingerprint density at radius 3 is 0.911 bits per heavy atom. The molecule has 0 saturated carbocycles. The van der Waals surface area contributed by atoms with E-state index in [0.717, 1.165) is 22.8 Å². The molecule has 0 atom stereocenters. The summed E-state index contributed by atoms with van der Waals surface area (Å²) in [7, 11) is 0. The van der Waals surface area contributed by atoms with Crippen molar-refractivity contribution in [1.82, 2.24) is 61.2 Å².